The van der Waals surface area contributed by atoms with Gasteiger partial charge in [0, 0.05) is 0 Å². The Hall–Kier alpha value is 0.340. The van der Waals surface area contributed by atoms with Crippen molar-refractivity contribution >= 4 is 29.6 Å². The van der Waals surface area contributed by atoms with Crippen LogP contribution in [0.5, 0.6) is 0 Å². The molecule has 2 nitrogen and oxygen atoms in total. The molecule has 0 aliphatic carbocycles. The summed E-state index contributed by atoms with van der Waals surface area (Å²) in [5, 5.41) is 0. The second-order valence-corrected chi connectivity index (χ2v) is 1.02. The van der Waals surface area contributed by atoms with Gasteiger partial charge in [-0.15, -0.1) is 0 Å². The first-order valence-corrected chi connectivity index (χ1v) is 2.09. The fourth-order valence-corrected chi connectivity index (χ4v) is 0.319. The third-order valence-electron chi connectivity index (χ3n) is 0.638. The van der Waals surface area contributed by atoms with E-state index in [0.29, 0.717) is 5.95 Å². The van der Waals surface area contributed by atoms with Crippen molar-refractivity contribution in [3.63, 3.8) is 0 Å². The van der Waals surface area contributed by atoms with Gasteiger partial charge in [-0.25, -0.2) is 0 Å². The number of hydrogen-bond acceptors (Lipinski definition) is 2. The summed E-state index contributed by atoms with van der Waals surface area (Å²) >= 11 is 0. The molecule has 0 rings (SSSR count). The van der Waals surface area contributed by atoms with Gasteiger partial charge in [0.1, 0.15) is 0 Å². The van der Waals surface area contributed by atoms with Gasteiger partial charge in [-0.05, 0) is 13.0 Å². The Morgan fingerprint density at radius 3 is 1.62 bits per heavy atom. The molecule has 0 amide bonds. The molecular formula is C5H11NaO2. The summed E-state index contributed by atoms with van der Waals surface area (Å²) in [5.41, 5.74) is 0. The van der Waals surface area contributed by atoms with Crippen molar-refractivity contribution in [3.8, 4) is 0 Å². The summed E-state index contributed by atoms with van der Waals surface area (Å²) in [5.74, 6) is 0.556. The average molecular weight is 126 g/mol. The molecule has 0 aliphatic heterocycles. The molecule has 0 unspecified atom stereocenters. The third-order valence-corrected chi connectivity index (χ3v) is 0.638. The van der Waals surface area contributed by atoms with Crippen LogP contribution in [0.25, 0.3) is 0 Å². The maximum atomic E-state index is 4.69. The van der Waals surface area contributed by atoms with E-state index < -0.39 is 0 Å². The fraction of sp³-hybridized carbons (Fsp3) is 0.600. The van der Waals surface area contributed by atoms with E-state index in [2.05, 4.69) is 9.47 Å². The van der Waals surface area contributed by atoms with E-state index in [1.54, 1.807) is 20.3 Å². The predicted octanol–water partition coefficient (Wildman–Crippen LogP) is 0.492. The van der Waals surface area contributed by atoms with Crippen LogP contribution in [0, 0.1) is 0 Å². The van der Waals surface area contributed by atoms with Gasteiger partial charge in [-0.3, -0.25) is 0 Å². The Kier molecular flexibility index (Phi) is 10.3. The number of rotatable bonds is 2. The van der Waals surface area contributed by atoms with Crippen LogP contribution >= 0.6 is 0 Å². The van der Waals surface area contributed by atoms with Gasteiger partial charge < -0.3 is 9.47 Å². The number of ether oxygens (including phenoxy) is 2. The molecule has 8 heavy (non-hydrogen) atoms. The fourth-order valence-electron chi connectivity index (χ4n) is 0.319. The molecule has 0 aromatic rings. The standard InChI is InChI=1S/C5H10O2.Na.H/c1-4-5(6-2)7-3;;/h4H,1-3H3;;. The van der Waals surface area contributed by atoms with Crippen molar-refractivity contribution in [2.45, 2.75) is 6.92 Å². The van der Waals surface area contributed by atoms with Crippen LogP contribution in [-0.2, 0) is 9.47 Å². The van der Waals surface area contributed by atoms with Gasteiger partial charge in [0.25, 0.3) is 5.95 Å². The summed E-state index contributed by atoms with van der Waals surface area (Å²) in [6.45, 7) is 1.85. The average Bonchev–Trinajstić information content (AvgIpc) is 1.72. The quantitative estimate of drug-likeness (QED) is 0.396. The van der Waals surface area contributed by atoms with Crippen LogP contribution in [0.3, 0.4) is 0 Å². The molecule has 0 spiro atoms. The summed E-state index contributed by atoms with van der Waals surface area (Å²) in [4.78, 5) is 0. The number of methoxy groups -OCH3 is 2. The van der Waals surface area contributed by atoms with Crippen molar-refractivity contribution in [1.82, 2.24) is 0 Å². The van der Waals surface area contributed by atoms with Crippen molar-refractivity contribution in [2.24, 2.45) is 0 Å². The van der Waals surface area contributed by atoms with Crippen LogP contribution in [0.15, 0.2) is 12.0 Å². The Labute approximate surface area is 72.1 Å². The Morgan fingerprint density at radius 1 is 1.25 bits per heavy atom. The van der Waals surface area contributed by atoms with Gasteiger partial charge in [0.2, 0.25) is 0 Å². The van der Waals surface area contributed by atoms with E-state index in [-0.39, 0.29) is 29.6 Å². The van der Waals surface area contributed by atoms with Gasteiger partial charge >= 0.3 is 29.6 Å². The molecule has 0 aromatic heterocycles. The van der Waals surface area contributed by atoms with Crippen molar-refractivity contribution in [2.75, 3.05) is 14.2 Å². The molecular weight excluding hydrogens is 115 g/mol. The molecule has 0 saturated heterocycles. The number of allylic oxidation sites excluding steroid dienone is 1. The van der Waals surface area contributed by atoms with E-state index in [0.717, 1.165) is 0 Å². The van der Waals surface area contributed by atoms with Gasteiger partial charge in [-0.2, -0.15) is 0 Å². The number of hydrogen-bond donors (Lipinski definition) is 0. The maximum absolute atomic E-state index is 4.69. The summed E-state index contributed by atoms with van der Waals surface area (Å²) in [6, 6.07) is 0. The molecule has 0 fully saturated rings. The molecule has 0 atom stereocenters. The van der Waals surface area contributed by atoms with Crippen LogP contribution in [0.2, 0.25) is 0 Å². The molecule has 0 saturated carbocycles. The van der Waals surface area contributed by atoms with Crippen LogP contribution in [0.1, 0.15) is 6.92 Å². The molecule has 0 bridgehead atoms. The second kappa shape index (κ2) is 7.34. The van der Waals surface area contributed by atoms with E-state index in [4.69, 9.17) is 0 Å². The monoisotopic (exact) mass is 126 g/mol. The zero-order chi connectivity index (χ0) is 5.70. The zero-order valence-electron chi connectivity index (χ0n) is 4.89. The molecule has 3 heteroatoms. The molecule has 0 aromatic carbocycles. The van der Waals surface area contributed by atoms with Gasteiger partial charge in [0.15, 0.2) is 0 Å². The van der Waals surface area contributed by atoms with E-state index >= 15 is 0 Å². The van der Waals surface area contributed by atoms with E-state index in [9.17, 15) is 0 Å². The SMILES string of the molecule is CC=C(OC)OC.[NaH]. The van der Waals surface area contributed by atoms with Gasteiger partial charge in [-0.1, -0.05) is 0 Å². The van der Waals surface area contributed by atoms with Gasteiger partial charge in [0.05, 0.1) is 14.2 Å². The first-order valence-electron chi connectivity index (χ1n) is 2.09. The second-order valence-electron chi connectivity index (χ2n) is 1.02. The minimum atomic E-state index is 0. The van der Waals surface area contributed by atoms with Crippen LogP contribution < -0.4 is 0 Å². The van der Waals surface area contributed by atoms with E-state index in [1.807, 2.05) is 6.92 Å². The summed E-state index contributed by atoms with van der Waals surface area (Å²) < 4.78 is 9.38. The summed E-state index contributed by atoms with van der Waals surface area (Å²) in [7, 11) is 3.14. The predicted molar refractivity (Wildman–Crippen MR) is 34.9 cm³/mol. The molecule has 0 heterocycles. The van der Waals surface area contributed by atoms with Crippen molar-refractivity contribution < 1.29 is 9.47 Å². The molecule has 0 N–H and O–H groups in total. The first kappa shape index (κ1) is 11.2. The van der Waals surface area contributed by atoms with E-state index in [1.165, 1.54) is 0 Å². The Balaban J connectivity index is 0. The molecule has 0 radical (unpaired) electrons. The minimum absolute atomic E-state index is 0. The van der Waals surface area contributed by atoms with Crippen molar-refractivity contribution in [1.29, 1.82) is 0 Å². The van der Waals surface area contributed by atoms with Crippen LogP contribution in [0.4, 0.5) is 0 Å². The summed E-state index contributed by atoms with van der Waals surface area (Å²) in [6.07, 6.45) is 1.75. The topological polar surface area (TPSA) is 18.5 Å². The Morgan fingerprint density at radius 2 is 1.62 bits per heavy atom. The molecule has 44 valence electrons. The molecule has 0 aliphatic rings. The Bertz CT molecular complexity index is 64.8. The van der Waals surface area contributed by atoms with Crippen LogP contribution in [-0.4, -0.2) is 43.8 Å². The normalized spacial score (nSPS) is 6.38. The van der Waals surface area contributed by atoms with Crippen molar-refractivity contribution in [3.05, 3.63) is 12.0 Å². The zero-order valence-corrected chi connectivity index (χ0v) is 4.89. The third kappa shape index (κ3) is 4.50. The first-order chi connectivity index (χ1) is 3.35.